The second kappa shape index (κ2) is 4.95. The number of rotatable bonds is 4. The van der Waals surface area contributed by atoms with E-state index in [1.165, 1.54) is 9.35 Å². The number of hydrogen-bond acceptors (Lipinski definition) is 3. The first-order valence-corrected chi connectivity index (χ1v) is 6.90. The van der Waals surface area contributed by atoms with Crippen LogP contribution in [0.2, 0.25) is 0 Å². The Labute approximate surface area is 103 Å². The SMILES string of the molecule is CN(Cc1csc(Br)c1)CC1CC(O)C1. The lowest BCUT2D eigenvalue weighted by Crippen LogP contribution is -2.36. The molecule has 1 saturated carbocycles. The second-order valence-electron chi connectivity index (χ2n) is 4.45. The third kappa shape index (κ3) is 3.28. The molecule has 2 nitrogen and oxygen atoms in total. The van der Waals surface area contributed by atoms with Gasteiger partial charge in [-0.25, -0.2) is 0 Å². The van der Waals surface area contributed by atoms with Crippen LogP contribution in [-0.2, 0) is 6.54 Å². The number of thiophene rings is 1. The highest BCUT2D eigenvalue weighted by Crippen LogP contribution is 2.28. The van der Waals surface area contributed by atoms with Crippen LogP contribution in [0.4, 0.5) is 0 Å². The van der Waals surface area contributed by atoms with Crippen molar-refractivity contribution < 1.29 is 5.11 Å². The quantitative estimate of drug-likeness (QED) is 0.921. The van der Waals surface area contributed by atoms with Crippen molar-refractivity contribution in [3.63, 3.8) is 0 Å². The second-order valence-corrected chi connectivity index (χ2v) is 6.74. The highest BCUT2D eigenvalue weighted by Gasteiger charge is 2.27. The van der Waals surface area contributed by atoms with E-state index in [1.54, 1.807) is 11.3 Å². The number of aliphatic hydroxyl groups is 1. The smallest absolute Gasteiger partial charge is 0.0701 e. The minimum atomic E-state index is -0.0290. The molecule has 0 aliphatic heterocycles. The van der Waals surface area contributed by atoms with E-state index >= 15 is 0 Å². The Morgan fingerprint density at radius 3 is 2.87 bits per heavy atom. The van der Waals surface area contributed by atoms with Crippen molar-refractivity contribution in [2.24, 2.45) is 5.92 Å². The molecule has 0 radical (unpaired) electrons. The minimum Gasteiger partial charge on any atom is -0.393 e. The van der Waals surface area contributed by atoms with Crippen molar-refractivity contribution in [3.8, 4) is 0 Å². The molecule has 1 fully saturated rings. The summed E-state index contributed by atoms with van der Waals surface area (Å²) >= 11 is 5.21. The van der Waals surface area contributed by atoms with Crippen molar-refractivity contribution in [2.45, 2.75) is 25.5 Å². The maximum absolute atomic E-state index is 9.20. The van der Waals surface area contributed by atoms with Crippen LogP contribution in [-0.4, -0.2) is 29.7 Å². The maximum Gasteiger partial charge on any atom is 0.0701 e. The number of halogens is 1. The normalized spacial score (nSPS) is 25.6. The maximum atomic E-state index is 9.20. The van der Waals surface area contributed by atoms with Gasteiger partial charge in [0.2, 0.25) is 0 Å². The van der Waals surface area contributed by atoms with Gasteiger partial charge in [0.1, 0.15) is 0 Å². The third-order valence-corrected chi connectivity index (χ3v) is 4.41. The van der Waals surface area contributed by atoms with Crippen molar-refractivity contribution >= 4 is 27.3 Å². The van der Waals surface area contributed by atoms with E-state index in [2.05, 4.69) is 39.3 Å². The lowest BCUT2D eigenvalue weighted by atomic mass is 9.82. The standard InChI is InChI=1S/C11H16BrNOS/c1-13(5-8-2-10(14)3-8)6-9-4-11(12)15-7-9/h4,7-8,10,14H,2-3,5-6H2,1H3. The predicted molar refractivity (Wildman–Crippen MR) is 67.1 cm³/mol. The summed E-state index contributed by atoms with van der Waals surface area (Å²) in [5.74, 6) is 0.701. The van der Waals surface area contributed by atoms with Crippen LogP contribution < -0.4 is 0 Å². The molecule has 0 spiro atoms. The first kappa shape index (κ1) is 11.6. The van der Waals surface area contributed by atoms with Crippen LogP contribution in [0, 0.1) is 5.92 Å². The monoisotopic (exact) mass is 289 g/mol. The zero-order chi connectivity index (χ0) is 10.8. The molecule has 0 amide bonds. The fourth-order valence-corrected chi connectivity index (χ4v) is 3.30. The number of aliphatic hydroxyl groups excluding tert-OH is 1. The number of nitrogens with zero attached hydrogens (tertiary/aromatic N) is 1. The topological polar surface area (TPSA) is 23.5 Å². The van der Waals surface area contributed by atoms with E-state index in [0.717, 1.165) is 25.9 Å². The number of hydrogen-bond donors (Lipinski definition) is 1. The molecule has 0 unspecified atom stereocenters. The van der Waals surface area contributed by atoms with Crippen molar-refractivity contribution in [2.75, 3.05) is 13.6 Å². The molecule has 1 aromatic rings. The molecular weight excluding hydrogens is 274 g/mol. The zero-order valence-corrected chi connectivity index (χ0v) is 11.2. The summed E-state index contributed by atoms with van der Waals surface area (Å²) in [5.41, 5.74) is 1.37. The molecule has 0 bridgehead atoms. The van der Waals surface area contributed by atoms with E-state index in [9.17, 15) is 5.11 Å². The van der Waals surface area contributed by atoms with Gasteiger partial charge in [-0.2, -0.15) is 0 Å². The highest BCUT2D eigenvalue weighted by atomic mass is 79.9. The summed E-state index contributed by atoms with van der Waals surface area (Å²) in [6.45, 7) is 2.11. The third-order valence-electron chi connectivity index (χ3n) is 2.85. The fraction of sp³-hybridized carbons (Fsp3) is 0.636. The van der Waals surface area contributed by atoms with Crippen LogP contribution in [0.3, 0.4) is 0 Å². The molecule has 0 atom stereocenters. The van der Waals surface area contributed by atoms with E-state index < -0.39 is 0 Å². The van der Waals surface area contributed by atoms with Crippen molar-refractivity contribution in [3.05, 3.63) is 20.8 Å². The van der Waals surface area contributed by atoms with Gasteiger partial charge in [0, 0.05) is 13.1 Å². The molecule has 2 rings (SSSR count). The first-order valence-electron chi connectivity index (χ1n) is 5.23. The molecule has 1 aromatic heterocycles. The summed E-state index contributed by atoms with van der Waals surface area (Å²) < 4.78 is 1.20. The molecule has 1 N–H and O–H groups in total. The average molecular weight is 290 g/mol. The Morgan fingerprint density at radius 2 is 2.33 bits per heavy atom. The Balaban J connectivity index is 1.75. The van der Waals surface area contributed by atoms with Gasteiger partial charge >= 0.3 is 0 Å². The highest BCUT2D eigenvalue weighted by molar-refractivity contribution is 9.11. The summed E-state index contributed by atoms with van der Waals surface area (Å²) in [6, 6.07) is 2.18. The Kier molecular flexibility index (Phi) is 3.83. The van der Waals surface area contributed by atoms with Gasteiger partial charge in [-0.3, -0.25) is 0 Å². The van der Waals surface area contributed by atoms with Crippen LogP contribution in [0.15, 0.2) is 15.2 Å². The molecule has 15 heavy (non-hydrogen) atoms. The molecule has 1 heterocycles. The van der Waals surface area contributed by atoms with E-state index in [-0.39, 0.29) is 6.10 Å². The van der Waals surface area contributed by atoms with Gasteiger partial charge in [-0.05, 0) is 58.7 Å². The van der Waals surface area contributed by atoms with Gasteiger partial charge in [0.25, 0.3) is 0 Å². The molecule has 4 heteroatoms. The lowest BCUT2D eigenvalue weighted by Gasteiger charge is -2.34. The van der Waals surface area contributed by atoms with Crippen LogP contribution in [0.1, 0.15) is 18.4 Å². The lowest BCUT2D eigenvalue weighted by molar-refractivity contribution is 0.0274. The minimum absolute atomic E-state index is 0.0290. The molecule has 1 aliphatic carbocycles. The molecule has 84 valence electrons. The van der Waals surface area contributed by atoms with Crippen LogP contribution in [0.5, 0.6) is 0 Å². The molecule has 0 saturated heterocycles. The Morgan fingerprint density at radius 1 is 1.60 bits per heavy atom. The summed E-state index contributed by atoms with van der Waals surface area (Å²) in [5, 5.41) is 11.4. The molecule has 1 aliphatic rings. The Bertz CT molecular complexity index is 322. The fourth-order valence-electron chi connectivity index (χ4n) is 2.10. The van der Waals surface area contributed by atoms with Crippen LogP contribution in [0.25, 0.3) is 0 Å². The predicted octanol–water partition coefficient (Wildman–Crippen LogP) is 2.71. The molecule has 0 aromatic carbocycles. The Hall–Kier alpha value is 0.1000. The largest absolute Gasteiger partial charge is 0.393 e. The van der Waals surface area contributed by atoms with E-state index in [4.69, 9.17) is 0 Å². The average Bonchev–Trinajstić information content (AvgIpc) is 2.48. The van der Waals surface area contributed by atoms with E-state index in [0.29, 0.717) is 5.92 Å². The van der Waals surface area contributed by atoms with E-state index in [1.807, 2.05) is 0 Å². The van der Waals surface area contributed by atoms with Crippen molar-refractivity contribution in [1.82, 2.24) is 4.90 Å². The summed E-state index contributed by atoms with van der Waals surface area (Å²) in [7, 11) is 2.15. The zero-order valence-electron chi connectivity index (χ0n) is 8.82. The molecular formula is C11H16BrNOS. The first-order chi connectivity index (χ1) is 7.13. The van der Waals surface area contributed by atoms with Gasteiger partial charge in [-0.15, -0.1) is 11.3 Å². The van der Waals surface area contributed by atoms with Gasteiger partial charge < -0.3 is 10.0 Å². The van der Waals surface area contributed by atoms with Gasteiger partial charge in [0.15, 0.2) is 0 Å². The van der Waals surface area contributed by atoms with Crippen LogP contribution >= 0.6 is 27.3 Å². The van der Waals surface area contributed by atoms with Gasteiger partial charge in [-0.1, -0.05) is 0 Å². The summed E-state index contributed by atoms with van der Waals surface area (Å²) in [4.78, 5) is 2.34. The van der Waals surface area contributed by atoms with Gasteiger partial charge in [0.05, 0.1) is 9.89 Å². The van der Waals surface area contributed by atoms with Crippen molar-refractivity contribution in [1.29, 1.82) is 0 Å². The summed E-state index contributed by atoms with van der Waals surface area (Å²) in [6.07, 6.45) is 1.94.